The summed E-state index contributed by atoms with van der Waals surface area (Å²) >= 11 is 1.50. The predicted octanol–water partition coefficient (Wildman–Crippen LogP) is 1.08. The number of hydrogen-bond donors (Lipinski definition) is 0. The van der Waals surface area contributed by atoms with Crippen LogP contribution in [0.4, 0.5) is 0 Å². The fourth-order valence-corrected chi connectivity index (χ4v) is 0.791. The van der Waals surface area contributed by atoms with Crippen LogP contribution in [0.5, 0.6) is 0 Å². The van der Waals surface area contributed by atoms with Crippen molar-refractivity contribution in [3.8, 4) is 0 Å². The number of allylic oxidation sites excluding steroid dienone is 1. The van der Waals surface area contributed by atoms with Crippen molar-refractivity contribution in [2.45, 2.75) is 13.3 Å². The van der Waals surface area contributed by atoms with E-state index in [9.17, 15) is 0 Å². The molecule has 0 aromatic heterocycles. The van der Waals surface area contributed by atoms with Gasteiger partial charge in [0, 0.05) is 0 Å². The molecule has 0 aliphatic rings. The van der Waals surface area contributed by atoms with E-state index in [1.807, 2.05) is 0 Å². The van der Waals surface area contributed by atoms with Gasteiger partial charge in [0.2, 0.25) is 0 Å². The molecular formula is C4H7Sn. The van der Waals surface area contributed by atoms with Crippen LogP contribution < -0.4 is 0 Å². The monoisotopic (exact) mass is 175 g/mol. The fraction of sp³-hybridized carbons (Fsp3) is 0.500. The second-order valence-corrected chi connectivity index (χ2v) is 1.76. The molecule has 3 radical (unpaired) electrons. The van der Waals surface area contributed by atoms with Crippen molar-refractivity contribution in [3.05, 3.63) is 10.2 Å². The number of hydrogen-bond acceptors (Lipinski definition) is 0. The molecule has 0 spiro atoms. The van der Waals surface area contributed by atoms with Gasteiger partial charge in [0.15, 0.2) is 0 Å². The van der Waals surface area contributed by atoms with Gasteiger partial charge in [-0.05, 0) is 0 Å². The van der Waals surface area contributed by atoms with Crippen molar-refractivity contribution < 1.29 is 0 Å². The first-order chi connectivity index (χ1) is 2.41. The van der Waals surface area contributed by atoms with Gasteiger partial charge in [-0.1, -0.05) is 0 Å². The summed E-state index contributed by atoms with van der Waals surface area (Å²) in [5, 5.41) is 0. The average molecular weight is 174 g/mol. The van der Waals surface area contributed by atoms with Crippen LogP contribution in [0.2, 0.25) is 0 Å². The van der Waals surface area contributed by atoms with Crippen molar-refractivity contribution in [3.63, 3.8) is 0 Å². The molecular weight excluding hydrogens is 167 g/mol. The molecule has 0 atom stereocenters. The van der Waals surface area contributed by atoms with E-state index in [1.54, 1.807) is 0 Å². The maximum absolute atomic E-state index is 2.16. The third-order valence-corrected chi connectivity index (χ3v) is 1.03. The van der Waals surface area contributed by atoms with Crippen molar-refractivity contribution in [1.82, 2.24) is 0 Å². The van der Waals surface area contributed by atoms with Crippen LogP contribution in [0.15, 0.2) is 10.2 Å². The molecule has 0 nitrogen and oxygen atoms in total. The van der Waals surface area contributed by atoms with Crippen molar-refractivity contribution in [2.75, 3.05) is 0 Å². The molecule has 5 heavy (non-hydrogen) atoms. The van der Waals surface area contributed by atoms with Gasteiger partial charge >= 0.3 is 46.0 Å². The molecule has 27 valence electrons. The van der Waals surface area contributed by atoms with Crippen LogP contribution >= 0.6 is 0 Å². The van der Waals surface area contributed by atoms with E-state index in [0.717, 1.165) is 0 Å². The average Bonchev–Trinajstić information content (AvgIpc) is 1.41. The standard InChI is InChI=1S/C4H7.Sn/c1-3-4-2;/h1,3H,4H2,2H3;. The van der Waals surface area contributed by atoms with Gasteiger partial charge in [-0.25, -0.2) is 0 Å². The zero-order valence-corrected chi connectivity index (χ0v) is 6.22. The van der Waals surface area contributed by atoms with Crippen LogP contribution in [0, 0.1) is 0 Å². The molecule has 0 unspecified atom stereocenters. The van der Waals surface area contributed by atoms with E-state index in [0.29, 0.717) is 0 Å². The molecule has 0 rings (SSSR count). The first-order valence-electron chi connectivity index (χ1n) is 1.74. The van der Waals surface area contributed by atoms with Crippen molar-refractivity contribution in [1.29, 1.82) is 0 Å². The quantitative estimate of drug-likeness (QED) is 0.521. The molecule has 1 heteroatoms. The van der Waals surface area contributed by atoms with Gasteiger partial charge in [0.05, 0.1) is 0 Å². The Hall–Kier alpha value is 0.539. The van der Waals surface area contributed by atoms with E-state index in [4.69, 9.17) is 0 Å². The molecule has 0 aromatic rings. The molecule has 0 bridgehead atoms. The minimum absolute atomic E-state index is 1.19. The molecule has 0 N–H and O–H groups in total. The van der Waals surface area contributed by atoms with Gasteiger partial charge in [0.1, 0.15) is 0 Å². The van der Waals surface area contributed by atoms with Crippen LogP contribution in [0.3, 0.4) is 0 Å². The summed E-state index contributed by atoms with van der Waals surface area (Å²) in [4.78, 5) is 0. The predicted molar refractivity (Wildman–Crippen MR) is 25.2 cm³/mol. The summed E-state index contributed by atoms with van der Waals surface area (Å²) in [6.45, 7) is 2.14. The zero-order valence-electron chi connectivity index (χ0n) is 3.36. The third kappa shape index (κ3) is 4.54. The van der Waals surface area contributed by atoms with Crippen LogP contribution in [-0.4, -0.2) is 22.5 Å². The Labute approximate surface area is 46.4 Å². The van der Waals surface area contributed by atoms with Gasteiger partial charge < -0.3 is 0 Å². The second-order valence-electron chi connectivity index (χ2n) is 0.811. The Morgan fingerprint density at radius 2 is 2.40 bits per heavy atom. The SMILES string of the molecule is CC/C=[CH]/[Sn]. The van der Waals surface area contributed by atoms with Crippen LogP contribution in [-0.2, 0) is 0 Å². The van der Waals surface area contributed by atoms with Gasteiger partial charge in [-0.2, -0.15) is 0 Å². The minimum atomic E-state index is 1.19. The molecule has 0 aliphatic heterocycles. The summed E-state index contributed by atoms with van der Waals surface area (Å²) in [5.41, 5.74) is 0. The first kappa shape index (κ1) is 5.54. The topological polar surface area (TPSA) is 0 Å². The molecule has 0 aliphatic carbocycles. The Bertz CT molecular complexity index is 30.6. The molecule has 0 saturated carbocycles. The Kier molecular flexibility index (Phi) is 5.03. The van der Waals surface area contributed by atoms with E-state index in [1.165, 1.54) is 28.9 Å². The zero-order chi connectivity index (χ0) is 4.12. The third-order valence-electron chi connectivity index (χ3n) is 0.354. The van der Waals surface area contributed by atoms with Crippen LogP contribution in [0.1, 0.15) is 13.3 Å². The van der Waals surface area contributed by atoms with E-state index < -0.39 is 0 Å². The van der Waals surface area contributed by atoms with Gasteiger partial charge in [-0.15, -0.1) is 0 Å². The van der Waals surface area contributed by atoms with Crippen LogP contribution in [0.25, 0.3) is 0 Å². The van der Waals surface area contributed by atoms with E-state index in [-0.39, 0.29) is 0 Å². The summed E-state index contributed by atoms with van der Waals surface area (Å²) < 4.78 is 2.15. The summed E-state index contributed by atoms with van der Waals surface area (Å²) in [6.07, 6.45) is 3.35. The summed E-state index contributed by atoms with van der Waals surface area (Å²) in [6, 6.07) is 0. The molecule has 0 aromatic carbocycles. The summed E-state index contributed by atoms with van der Waals surface area (Å²) in [5.74, 6) is 0. The normalized spacial score (nSPS) is 10.0. The maximum atomic E-state index is 2.16. The Morgan fingerprint density at radius 1 is 1.80 bits per heavy atom. The molecule has 0 saturated heterocycles. The fourth-order valence-electron chi connectivity index (χ4n) is 0.118. The first-order valence-corrected chi connectivity index (χ1v) is 3.39. The van der Waals surface area contributed by atoms with E-state index >= 15 is 0 Å². The Balaban J connectivity index is 2.62. The Morgan fingerprint density at radius 3 is 2.40 bits per heavy atom. The van der Waals surface area contributed by atoms with Gasteiger partial charge in [-0.3, -0.25) is 0 Å². The second kappa shape index (κ2) is 4.54. The molecule has 0 amide bonds. The van der Waals surface area contributed by atoms with Crippen molar-refractivity contribution >= 4 is 22.5 Å². The van der Waals surface area contributed by atoms with E-state index in [2.05, 4.69) is 17.1 Å². The molecule has 0 heterocycles. The number of rotatable bonds is 1. The van der Waals surface area contributed by atoms with Gasteiger partial charge in [0.25, 0.3) is 0 Å². The summed E-state index contributed by atoms with van der Waals surface area (Å²) in [7, 11) is 0. The van der Waals surface area contributed by atoms with Crippen molar-refractivity contribution in [2.24, 2.45) is 0 Å². The molecule has 0 fully saturated rings.